The minimum absolute atomic E-state index is 0.330. The van der Waals surface area contributed by atoms with Gasteiger partial charge >= 0.3 is 0 Å². The molecule has 94 valence electrons. The molecule has 0 saturated carbocycles. The summed E-state index contributed by atoms with van der Waals surface area (Å²) in [4.78, 5) is 0. The zero-order valence-corrected chi connectivity index (χ0v) is 11.0. The maximum atomic E-state index is 6.10. The van der Waals surface area contributed by atoms with E-state index in [9.17, 15) is 0 Å². The maximum absolute atomic E-state index is 6.10. The molecular weight excluding hydrogens is 234 g/mol. The van der Waals surface area contributed by atoms with Gasteiger partial charge in [0.15, 0.2) is 0 Å². The van der Waals surface area contributed by atoms with E-state index in [2.05, 4.69) is 12.2 Å². The van der Waals surface area contributed by atoms with Crippen LogP contribution in [-0.2, 0) is 0 Å². The minimum Gasteiger partial charge on any atom is -0.490 e. The molecule has 0 amide bonds. The quantitative estimate of drug-likeness (QED) is 0.867. The van der Waals surface area contributed by atoms with Crippen molar-refractivity contribution in [3.05, 3.63) is 29.3 Å². The Hall–Kier alpha value is -0.730. The number of benzene rings is 1. The number of hydrogen-bond donors (Lipinski definition) is 1. The second-order valence-electron chi connectivity index (χ2n) is 4.65. The fraction of sp³-hybridized carbons (Fsp3) is 0.571. The molecular formula is C14H20ClNO. The first-order valence-corrected chi connectivity index (χ1v) is 6.80. The van der Waals surface area contributed by atoms with Gasteiger partial charge in [-0.3, -0.25) is 0 Å². The van der Waals surface area contributed by atoms with Crippen LogP contribution in [0.3, 0.4) is 0 Å². The summed E-state index contributed by atoms with van der Waals surface area (Å²) in [7, 11) is 0. The van der Waals surface area contributed by atoms with Gasteiger partial charge in [0.1, 0.15) is 11.9 Å². The number of nitrogens with one attached hydrogen (secondary N) is 1. The van der Waals surface area contributed by atoms with E-state index in [1.165, 1.54) is 6.42 Å². The summed E-state index contributed by atoms with van der Waals surface area (Å²) in [5.41, 5.74) is 0. The molecule has 1 saturated heterocycles. The third-order valence-corrected chi connectivity index (χ3v) is 3.55. The smallest absolute Gasteiger partial charge is 0.119 e. The zero-order chi connectivity index (χ0) is 12.1. The molecule has 2 atom stereocenters. The van der Waals surface area contributed by atoms with E-state index >= 15 is 0 Å². The van der Waals surface area contributed by atoms with Crippen LogP contribution in [0.1, 0.15) is 26.2 Å². The average Bonchev–Trinajstić information content (AvgIpc) is 2.85. The molecule has 2 nitrogen and oxygen atoms in total. The highest BCUT2D eigenvalue weighted by atomic mass is 35.5. The Kier molecular flexibility index (Phi) is 4.69. The zero-order valence-electron chi connectivity index (χ0n) is 10.3. The van der Waals surface area contributed by atoms with E-state index in [4.69, 9.17) is 16.3 Å². The van der Waals surface area contributed by atoms with Gasteiger partial charge in [0.05, 0.1) is 0 Å². The molecule has 0 spiro atoms. The standard InChI is InChI=1S/C14H20ClNO/c1-2-3-14(11-8-9-16-10-11)17-13-6-4-12(15)5-7-13/h4-7,11,14,16H,2-3,8-10H2,1H3/t11-,14+/m1/s1. The molecule has 1 aliphatic rings. The average molecular weight is 254 g/mol. The van der Waals surface area contributed by atoms with Gasteiger partial charge in [0.2, 0.25) is 0 Å². The van der Waals surface area contributed by atoms with Crippen LogP contribution < -0.4 is 10.1 Å². The second kappa shape index (κ2) is 6.27. The number of hydrogen-bond acceptors (Lipinski definition) is 2. The first-order chi connectivity index (χ1) is 8.29. The van der Waals surface area contributed by atoms with Crippen molar-refractivity contribution in [3.8, 4) is 5.75 Å². The van der Waals surface area contributed by atoms with Crippen LogP contribution in [0.5, 0.6) is 5.75 Å². The Balaban J connectivity index is 1.98. The Bertz CT molecular complexity index is 333. The lowest BCUT2D eigenvalue weighted by atomic mass is 9.97. The van der Waals surface area contributed by atoms with E-state index in [0.717, 1.165) is 36.7 Å². The van der Waals surface area contributed by atoms with E-state index in [0.29, 0.717) is 12.0 Å². The van der Waals surface area contributed by atoms with Crippen LogP contribution >= 0.6 is 11.6 Å². The second-order valence-corrected chi connectivity index (χ2v) is 5.09. The molecule has 2 rings (SSSR count). The Morgan fingerprint density at radius 1 is 1.41 bits per heavy atom. The molecule has 1 aliphatic heterocycles. The van der Waals surface area contributed by atoms with Gasteiger partial charge in [-0.1, -0.05) is 24.9 Å². The number of rotatable bonds is 5. The normalized spacial score (nSPS) is 21.4. The van der Waals surface area contributed by atoms with Crippen LogP contribution in [-0.4, -0.2) is 19.2 Å². The third-order valence-electron chi connectivity index (χ3n) is 3.30. The Morgan fingerprint density at radius 3 is 2.76 bits per heavy atom. The lowest BCUT2D eigenvalue weighted by molar-refractivity contribution is 0.132. The highest BCUT2D eigenvalue weighted by Gasteiger charge is 2.25. The summed E-state index contributed by atoms with van der Waals surface area (Å²) in [6, 6.07) is 7.67. The SMILES string of the molecule is CCC[C@H](Oc1ccc(Cl)cc1)[C@@H]1CCNC1. The maximum Gasteiger partial charge on any atom is 0.119 e. The lowest BCUT2D eigenvalue weighted by Gasteiger charge is -2.24. The molecule has 1 N–H and O–H groups in total. The minimum atomic E-state index is 0.330. The van der Waals surface area contributed by atoms with Crippen molar-refractivity contribution in [2.45, 2.75) is 32.3 Å². The van der Waals surface area contributed by atoms with Gasteiger partial charge in [-0.05, 0) is 43.7 Å². The Morgan fingerprint density at radius 2 is 2.18 bits per heavy atom. The summed E-state index contributed by atoms with van der Waals surface area (Å²) in [5, 5.41) is 4.16. The molecule has 17 heavy (non-hydrogen) atoms. The van der Waals surface area contributed by atoms with Crippen LogP contribution in [0.25, 0.3) is 0 Å². The highest BCUT2D eigenvalue weighted by Crippen LogP contribution is 2.24. The summed E-state index contributed by atoms with van der Waals surface area (Å²) >= 11 is 5.87. The van der Waals surface area contributed by atoms with Gasteiger partial charge < -0.3 is 10.1 Å². The summed E-state index contributed by atoms with van der Waals surface area (Å²) in [6.45, 7) is 4.41. The van der Waals surface area contributed by atoms with Crippen molar-refractivity contribution in [1.29, 1.82) is 0 Å². The predicted molar refractivity (Wildman–Crippen MR) is 71.8 cm³/mol. The van der Waals surface area contributed by atoms with Crippen molar-refractivity contribution >= 4 is 11.6 Å². The van der Waals surface area contributed by atoms with Crippen LogP contribution in [0.4, 0.5) is 0 Å². The fourth-order valence-corrected chi connectivity index (χ4v) is 2.48. The fourth-order valence-electron chi connectivity index (χ4n) is 2.36. The monoisotopic (exact) mass is 253 g/mol. The largest absolute Gasteiger partial charge is 0.490 e. The number of halogens is 1. The topological polar surface area (TPSA) is 21.3 Å². The first kappa shape index (κ1) is 12.7. The molecule has 0 aromatic heterocycles. The molecule has 1 aromatic rings. The van der Waals surface area contributed by atoms with Gasteiger partial charge in [-0.25, -0.2) is 0 Å². The lowest BCUT2D eigenvalue weighted by Crippen LogP contribution is -2.28. The van der Waals surface area contributed by atoms with Gasteiger partial charge in [0.25, 0.3) is 0 Å². The molecule has 1 aromatic carbocycles. The summed E-state index contributed by atoms with van der Waals surface area (Å²) in [5.74, 6) is 1.57. The highest BCUT2D eigenvalue weighted by molar-refractivity contribution is 6.30. The van der Waals surface area contributed by atoms with Crippen LogP contribution in [0.2, 0.25) is 5.02 Å². The molecule has 0 aliphatic carbocycles. The van der Waals surface area contributed by atoms with Crippen molar-refractivity contribution in [3.63, 3.8) is 0 Å². The predicted octanol–water partition coefficient (Wildman–Crippen LogP) is 3.50. The first-order valence-electron chi connectivity index (χ1n) is 6.42. The van der Waals surface area contributed by atoms with Crippen molar-refractivity contribution in [1.82, 2.24) is 5.32 Å². The van der Waals surface area contributed by atoms with E-state index in [1.54, 1.807) is 0 Å². The Labute approximate surface area is 108 Å². The molecule has 1 fully saturated rings. The van der Waals surface area contributed by atoms with E-state index < -0.39 is 0 Å². The van der Waals surface area contributed by atoms with E-state index in [-0.39, 0.29) is 0 Å². The molecule has 1 heterocycles. The third kappa shape index (κ3) is 3.62. The van der Waals surface area contributed by atoms with Crippen LogP contribution in [0, 0.1) is 5.92 Å². The van der Waals surface area contributed by atoms with Crippen molar-refractivity contribution in [2.75, 3.05) is 13.1 Å². The van der Waals surface area contributed by atoms with Gasteiger partial charge in [0, 0.05) is 17.5 Å². The molecule has 0 unspecified atom stereocenters. The summed E-state index contributed by atoms with van der Waals surface area (Å²) < 4.78 is 6.10. The molecule has 0 bridgehead atoms. The number of ether oxygens (including phenoxy) is 1. The molecule has 0 radical (unpaired) electrons. The van der Waals surface area contributed by atoms with Crippen LogP contribution in [0.15, 0.2) is 24.3 Å². The van der Waals surface area contributed by atoms with E-state index in [1.807, 2.05) is 24.3 Å². The summed E-state index contributed by atoms with van der Waals surface area (Å²) in [6.07, 6.45) is 3.83. The molecule has 3 heteroatoms. The van der Waals surface area contributed by atoms with Crippen molar-refractivity contribution < 1.29 is 4.74 Å². The van der Waals surface area contributed by atoms with Gasteiger partial charge in [-0.15, -0.1) is 0 Å². The van der Waals surface area contributed by atoms with Gasteiger partial charge in [-0.2, -0.15) is 0 Å². The van der Waals surface area contributed by atoms with Crippen molar-refractivity contribution in [2.24, 2.45) is 5.92 Å².